The maximum atomic E-state index is 11.2. The van der Waals surface area contributed by atoms with Crippen molar-refractivity contribution in [3.05, 3.63) is 0 Å². The van der Waals surface area contributed by atoms with Crippen molar-refractivity contribution in [1.82, 2.24) is 0 Å². The SMILES string of the molecule is CCOC(=O)C(N)C(O)CC(C)(C)OC. The number of carbonyl (C=O) groups excluding carboxylic acids is 1. The molecule has 5 heteroatoms. The van der Waals surface area contributed by atoms with Crippen molar-refractivity contribution in [2.45, 2.75) is 44.9 Å². The van der Waals surface area contributed by atoms with Gasteiger partial charge in [0.25, 0.3) is 0 Å². The minimum absolute atomic E-state index is 0.257. The molecule has 0 aromatic rings. The lowest BCUT2D eigenvalue weighted by atomic mass is 9.96. The van der Waals surface area contributed by atoms with Crippen molar-refractivity contribution in [2.24, 2.45) is 5.73 Å². The molecule has 0 spiro atoms. The van der Waals surface area contributed by atoms with Gasteiger partial charge in [-0.25, -0.2) is 0 Å². The fourth-order valence-corrected chi connectivity index (χ4v) is 1.11. The summed E-state index contributed by atoms with van der Waals surface area (Å²) in [6.45, 7) is 5.57. The minimum atomic E-state index is -1.01. The molecule has 2 atom stereocenters. The van der Waals surface area contributed by atoms with E-state index in [1.807, 2.05) is 13.8 Å². The molecule has 0 aliphatic heterocycles. The summed E-state index contributed by atoms with van der Waals surface area (Å²) in [5, 5.41) is 9.68. The largest absolute Gasteiger partial charge is 0.465 e. The van der Waals surface area contributed by atoms with Crippen molar-refractivity contribution in [3.8, 4) is 0 Å². The van der Waals surface area contributed by atoms with Crippen LogP contribution >= 0.6 is 0 Å². The lowest BCUT2D eigenvalue weighted by molar-refractivity contribution is -0.148. The van der Waals surface area contributed by atoms with Gasteiger partial charge in [0, 0.05) is 13.5 Å². The zero-order chi connectivity index (χ0) is 12.1. The number of carbonyl (C=O) groups is 1. The van der Waals surface area contributed by atoms with Crippen LogP contribution in [0.1, 0.15) is 27.2 Å². The Bertz CT molecular complexity index is 206. The van der Waals surface area contributed by atoms with Crippen LogP contribution in [-0.2, 0) is 14.3 Å². The van der Waals surface area contributed by atoms with Crippen molar-refractivity contribution in [2.75, 3.05) is 13.7 Å². The van der Waals surface area contributed by atoms with Gasteiger partial charge in [-0.3, -0.25) is 4.79 Å². The van der Waals surface area contributed by atoms with Gasteiger partial charge in [-0.2, -0.15) is 0 Å². The molecule has 0 radical (unpaired) electrons. The normalized spacial score (nSPS) is 15.9. The van der Waals surface area contributed by atoms with E-state index in [1.54, 1.807) is 14.0 Å². The number of aliphatic hydroxyl groups is 1. The lowest BCUT2D eigenvalue weighted by Crippen LogP contribution is -2.46. The number of aliphatic hydroxyl groups excluding tert-OH is 1. The average molecular weight is 219 g/mol. The van der Waals surface area contributed by atoms with E-state index in [4.69, 9.17) is 15.2 Å². The first-order chi connectivity index (χ1) is 6.84. The Morgan fingerprint density at radius 1 is 1.53 bits per heavy atom. The number of esters is 1. The van der Waals surface area contributed by atoms with Gasteiger partial charge in [-0.15, -0.1) is 0 Å². The van der Waals surface area contributed by atoms with E-state index >= 15 is 0 Å². The summed E-state index contributed by atoms with van der Waals surface area (Å²) in [6.07, 6.45) is -0.678. The van der Waals surface area contributed by atoms with E-state index in [0.717, 1.165) is 0 Å². The third-order valence-corrected chi connectivity index (χ3v) is 2.23. The van der Waals surface area contributed by atoms with Crippen LogP contribution in [0.25, 0.3) is 0 Å². The zero-order valence-corrected chi connectivity index (χ0v) is 9.82. The van der Waals surface area contributed by atoms with Gasteiger partial charge in [0.1, 0.15) is 6.04 Å². The molecule has 0 saturated heterocycles. The molecule has 3 N–H and O–H groups in total. The van der Waals surface area contributed by atoms with Gasteiger partial charge in [0.15, 0.2) is 0 Å². The predicted octanol–water partition coefficient (Wildman–Crippen LogP) is 0.0528. The molecule has 0 fully saturated rings. The molecule has 0 aliphatic rings. The first kappa shape index (κ1) is 14.3. The highest BCUT2D eigenvalue weighted by molar-refractivity contribution is 5.76. The molecule has 5 nitrogen and oxygen atoms in total. The van der Waals surface area contributed by atoms with Crippen molar-refractivity contribution < 1.29 is 19.4 Å². The Kier molecular flexibility index (Phi) is 5.79. The number of rotatable bonds is 6. The maximum absolute atomic E-state index is 11.2. The number of hydrogen-bond donors (Lipinski definition) is 2. The second-order valence-corrected chi connectivity index (χ2v) is 4.01. The first-order valence-electron chi connectivity index (χ1n) is 4.99. The van der Waals surface area contributed by atoms with Gasteiger partial charge in [-0.05, 0) is 20.8 Å². The highest BCUT2D eigenvalue weighted by Crippen LogP contribution is 2.17. The second kappa shape index (κ2) is 6.05. The van der Waals surface area contributed by atoms with Crippen LogP contribution in [0.5, 0.6) is 0 Å². The van der Waals surface area contributed by atoms with E-state index in [0.29, 0.717) is 0 Å². The van der Waals surface area contributed by atoms with Crippen LogP contribution in [-0.4, -0.2) is 42.5 Å². The molecular formula is C10H21NO4. The third-order valence-electron chi connectivity index (χ3n) is 2.23. The smallest absolute Gasteiger partial charge is 0.325 e. The summed E-state index contributed by atoms with van der Waals surface area (Å²) in [5.41, 5.74) is 5.02. The van der Waals surface area contributed by atoms with Gasteiger partial charge in [0.05, 0.1) is 18.3 Å². The monoisotopic (exact) mass is 219 g/mol. The van der Waals surface area contributed by atoms with Gasteiger partial charge in [-0.1, -0.05) is 0 Å². The quantitative estimate of drug-likeness (QED) is 0.617. The summed E-state index contributed by atoms with van der Waals surface area (Å²) in [7, 11) is 1.54. The van der Waals surface area contributed by atoms with Gasteiger partial charge < -0.3 is 20.3 Å². The van der Waals surface area contributed by atoms with Crippen LogP contribution in [0.2, 0.25) is 0 Å². The molecule has 0 bridgehead atoms. The van der Waals surface area contributed by atoms with Crippen LogP contribution in [0.4, 0.5) is 0 Å². The van der Waals surface area contributed by atoms with Crippen LogP contribution in [0, 0.1) is 0 Å². The summed E-state index contributed by atoms with van der Waals surface area (Å²) in [5.74, 6) is -0.586. The summed E-state index contributed by atoms with van der Waals surface area (Å²) < 4.78 is 9.84. The van der Waals surface area contributed by atoms with E-state index in [1.165, 1.54) is 0 Å². The number of hydrogen-bond acceptors (Lipinski definition) is 5. The highest BCUT2D eigenvalue weighted by atomic mass is 16.5. The Morgan fingerprint density at radius 3 is 2.47 bits per heavy atom. The Hall–Kier alpha value is -0.650. The number of methoxy groups -OCH3 is 1. The number of ether oxygens (including phenoxy) is 2. The lowest BCUT2D eigenvalue weighted by Gasteiger charge is -2.27. The van der Waals surface area contributed by atoms with E-state index in [2.05, 4.69) is 0 Å². The molecule has 15 heavy (non-hydrogen) atoms. The van der Waals surface area contributed by atoms with Crippen LogP contribution in [0.15, 0.2) is 0 Å². The Balaban J connectivity index is 4.20. The van der Waals surface area contributed by atoms with Crippen molar-refractivity contribution >= 4 is 5.97 Å². The Morgan fingerprint density at radius 2 is 2.07 bits per heavy atom. The fourth-order valence-electron chi connectivity index (χ4n) is 1.11. The fraction of sp³-hybridized carbons (Fsp3) is 0.900. The molecule has 0 aromatic carbocycles. The van der Waals surface area contributed by atoms with Crippen LogP contribution < -0.4 is 5.73 Å². The molecule has 0 aliphatic carbocycles. The van der Waals surface area contributed by atoms with Gasteiger partial charge in [0.2, 0.25) is 0 Å². The van der Waals surface area contributed by atoms with Crippen LogP contribution in [0.3, 0.4) is 0 Å². The summed E-state index contributed by atoms with van der Waals surface area (Å²) in [6, 6.07) is -1.01. The zero-order valence-electron chi connectivity index (χ0n) is 9.82. The third kappa shape index (κ3) is 5.11. The molecular weight excluding hydrogens is 198 g/mol. The average Bonchev–Trinajstić information content (AvgIpc) is 2.16. The minimum Gasteiger partial charge on any atom is -0.465 e. The molecule has 0 heterocycles. The van der Waals surface area contributed by atoms with Crippen molar-refractivity contribution in [3.63, 3.8) is 0 Å². The molecule has 2 unspecified atom stereocenters. The molecule has 0 saturated carbocycles. The maximum Gasteiger partial charge on any atom is 0.325 e. The predicted molar refractivity (Wildman–Crippen MR) is 56.3 cm³/mol. The Labute approximate surface area is 90.5 Å². The summed E-state index contributed by atoms with van der Waals surface area (Å²) >= 11 is 0. The van der Waals surface area contributed by atoms with E-state index in [-0.39, 0.29) is 13.0 Å². The molecule has 0 rings (SSSR count). The number of nitrogens with two attached hydrogens (primary N) is 1. The topological polar surface area (TPSA) is 81.8 Å². The molecule has 0 amide bonds. The standard InChI is InChI=1S/C10H21NO4/c1-5-15-9(13)8(11)7(12)6-10(2,3)14-4/h7-8,12H,5-6,11H2,1-4H3. The second-order valence-electron chi connectivity index (χ2n) is 4.01. The highest BCUT2D eigenvalue weighted by Gasteiger charge is 2.30. The molecule has 90 valence electrons. The van der Waals surface area contributed by atoms with Crippen molar-refractivity contribution in [1.29, 1.82) is 0 Å². The van der Waals surface area contributed by atoms with E-state index in [9.17, 15) is 9.90 Å². The molecule has 0 aromatic heterocycles. The van der Waals surface area contributed by atoms with Gasteiger partial charge >= 0.3 is 5.97 Å². The summed E-state index contributed by atoms with van der Waals surface area (Å²) in [4.78, 5) is 11.2. The first-order valence-corrected chi connectivity index (χ1v) is 4.99. The van der Waals surface area contributed by atoms with E-state index < -0.39 is 23.7 Å².